The van der Waals surface area contributed by atoms with Crippen molar-refractivity contribution in [2.75, 3.05) is 0 Å². The number of aromatic carboxylic acids is 1. The van der Waals surface area contributed by atoms with Gasteiger partial charge in [0.05, 0.1) is 0 Å². The Bertz CT molecular complexity index is 426. The van der Waals surface area contributed by atoms with Crippen molar-refractivity contribution in [3.8, 4) is 0 Å². The Kier molecular flexibility index (Phi) is 3.61. The van der Waals surface area contributed by atoms with Crippen LogP contribution in [0, 0.1) is 0 Å². The van der Waals surface area contributed by atoms with Gasteiger partial charge in [-0.25, -0.2) is 4.79 Å². The molecule has 1 rings (SSSR count). The predicted molar refractivity (Wildman–Crippen MR) is 69.0 cm³/mol. The Labute approximate surface area is 100 Å². The quantitative estimate of drug-likeness (QED) is 0.548. The van der Waals surface area contributed by atoms with Crippen LogP contribution in [0.5, 0.6) is 0 Å². The van der Waals surface area contributed by atoms with Crippen LogP contribution in [0.3, 0.4) is 0 Å². The molecule has 0 saturated heterocycles. The second-order valence-electron chi connectivity index (χ2n) is 3.90. The highest BCUT2D eigenvalue weighted by Gasteiger charge is 2.18. The summed E-state index contributed by atoms with van der Waals surface area (Å²) in [6.07, 6.45) is 0. The molecule has 72 valence electrons. The first kappa shape index (κ1) is 13.0. The van der Waals surface area contributed by atoms with Crippen LogP contribution >= 0.6 is 0 Å². The molecule has 0 bridgehead atoms. The third-order valence-corrected chi connectivity index (χ3v) is 2.49. The van der Waals surface area contributed by atoms with Crippen LogP contribution in [-0.4, -0.2) is 42.5 Å². The van der Waals surface area contributed by atoms with E-state index in [4.69, 9.17) is 36.5 Å². The number of hydrogen-bond acceptors (Lipinski definition) is 1. The number of carbonyl (C=O) groups is 1. The van der Waals surface area contributed by atoms with E-state index in [9.17, 15) is 4.79 Å². The normalized spacial score (nSPS) is 10.7. The fourth-order valence-electron chi connectivity index (χ4n) is 1.70. The molecule has 1 aromatic carbocycles. The van der Waals surface area contributed by atoms with Gasteiger partial charge in [0.15, 0.2) is 0 Å². The Morgan fingerprint density at radius 3 is 1.62 bits per heavy atom. The molecule has 0 aromatic heterocycles. The van der Waals surface area contributed by atoms with Crippen molar-refractivity contribution in [3.63, 3.8) is 0 Å². The number of rotatable bonds is 2. The second-order valence-corrected chi connectivity index (χ2v) is 3.90. The monoisotopic (exact) mass is 204 g/mol. The lowest BCUT2D eigenvalue weighted by atomic mass is 9.62. The molecule has 0 aliphatic carbocycles. The second kappa shape index (κ2) is 4.44. The fraction of sp³-hybridized carbons (Fsp3) is 0.300. The molecule has 0 aliphatic rings. The Balaban J connectivity index is 3.70. The van der Waals surface area contributed by atoms with Crippen LogP contribution < -0.4 is 21.9 Å². The van der Waals surface area contributed by atoms with Crippen LogP contribution in [0.25, 0.3) is 0 Å². The summed E-state index contributed by atoms with van der Waals surface area (Å²) in [5, 5.41) is 8.95. The SMILES string of the molecule is [B]c1c([B])c(C(C)C)c([B])c([B])c1C(=O)O. The third-order valence-electron chi connectivity index (χ3n) is 2.49. The van der Waals surface area contributed by atoms with Crippen molar-refractivity contribution in [2.24, 2.45) is 0 Å². The predicted octanol–water partition coefficient (Wildman–Crippen LogP) is -2.32. The van der Waals surface area contributed by atoms with E-state index in [2.05, 4.69) is 0 Å². The Morgan fingerprint density at radius 1 is 1.00 bits per heavy atom. The van der Waals surface area contributed by atoms with Crippen LogP contribution in [-0.2, 0) is 0 Å². The van der Waals surface area contributed by atoms with Crippen LogP contribution in [0.2, 0.25) is 0 Å². The highest BCUT2D eigenvalue weighted by Crippen LogP contribution is 2.07. The van der Waals surface area contributed by atoms with E-state index in [1.807, 2.05) is 13.8 Å². The van der Waals surface area contributed by atoms with Gasteiger partial charge in [0.1, 0.15) is 31.4 Å². The Hall–Kier alpha value is -1.05. The fourth-order valence-corrected chi connectivity index (χ4v) is 1.70. The van der Waals surface area contributed by atoms with E-state index in [0.29, 0.717) is 5.56 Å². The van der Waals surface area contributed by atoms with Gasteiger partial charge in [-0.2, -0.15) is 0 Å². The molecule has 16 heavy (non-hydrogen) atoms. The standard InChI is InChI=1S/C10H8B4O2/c1-3(2)4-6(11)8(13)5(10(15)16)9(14)7(4)12/h3H,1-2H3,(H,15,16). The van der Waals surface area contributed by atoms with E-state index in [0.717, 1.165) is 0 Å². The summed E-state index contributed by atoms with van der Waals surface area (Å²) in [5.74, 6) is -1.21. The molecule has 0 atom stereocenters. The van der Waals surface area contributed by atoms with Crippen molar-refractivity contribution in [2.45, 2.75) is 19.8 Å². The maximum Gasteiger partial charge on any atom is 0.334 e. The minimum Gasteiger partial charge on any atom is -0.478 e. The topological polar surface area (TPSA) is 37.3 Å². The maximum absolute atomic E-state index is 11.0. The average Bonchev–Trinajstić information content (AvgIpc) is 2.14. The molecule has 8 radical (unpaired) electrons. The molecule has 1 N–H and O–H groups in total. The first-order chi connectivity index (χ1) is 7.29. The summed E-state index contributed by atoms with van der Waals surface area (Å²) in [5.41, 5.74) is 0.711. The zero-order valence-corrected chi connectivity index (χ0v) is 9.24. The average molecular weight is 203 g/mol. The lowest BCUT2D eigenvalue weighted by molar-refractivity contribution is 0.0700. The summed E-state index contributed by atoms with van der Waals surface area (Å²) >= 11 is 0. The van der Waals surface area contributed by atoms with Gasteiger partial charge in [0.25, 0.3) is 0 Å². The van der Waals surface area contributed by atoms with Gasteiger partial charge in [-0.15, -0.1) is 0 Å². The van der Waals surface area contributed by atoms with E-state index in [1.165, 1.54) is 0 Å². The highest BCUT2D eigenvalue weighted by molar-refractivity contribution is 6.59. The van der Waals surface area contributed by atoms with E-state index in [-0.39, 0.29) is 33.3 Å². The van der Waals surface area contributed by atoms with Crippen LogP contribution in [0.4, 0.5) is 0 Å². The molecular formula is C10H8B4O2. The first-order valence-electron chi connectivity index (χ1n) is 4.78. The molecule has 0 fully saturated rings. The molecule has 0 amide bonds. The highest BCUT2D eigenvalue weighted by atomic mass is 16.4. The summed E-state index contributed by atoms with van der Waals surface area (Å²) in [6, 6.07) is 0. The number of benzene rings is 1. The van der Waals surface area contributed by atoms with Gasteiger partial charge in [-0.3, -0.25) is 0 Å². The number of hydrogen-bond donors (Lipinski definition) is 1. The largest absolute Gasteiger partial charge is 0.478 e. The lowest BCUT2D eigenvalue weighted by Gasteiger charge is -2.22. The summed E-state index contributed by atoms with van der Waals surface area (Å²) in [4.78, 5) is 11.0. The van der Waals surface area contributed by atoms with Gasteiger partial charge in [0, 0.05) is 5.56 Å². The summed E-state index contributed by atoms with van der Waals surface area (Å²) in [6.45, 7) is 3.75. The van der Waals surface area contributed by atoms with Gasteiger partial charge in [-0.05, 0) is 5.92 Å². The molecular weight excluding hydrogens is 195 g/mol. The third kappa shape index (κ3) is 1.93. The van der Waals surface area contributed by atoms with Gasteiger partial charge in [0.2, 0.25) is 0 Å². The van der Waals surface area contributed by atoms with Crippen molar-refractivity contribution >= 4 is 59.2 Å². The zero-order valence-electron chi connectivity index (χ0n) is 9.24. The molecule has 0 saturated carbocycles. The zero-order chi connectivity index (χ0) is 12.6. The first-order valence-corrected chi connectivity index (χ1v) is 4.78. The molecule has 2 nitrogen and oxygen atoms in total. The van der Waals surface area contributed by atoms with Crippen molar-refractivity contribution in [1.29, 1.82) is 0 Å². The summed E-state index contributed by atoms with van der Waals surface area (Å²) < 4.78 is 0. The lowest BCUT2D eigenvalue weighted by Crippen LogP contribution is -2.49. The molecule has 0 aliphatic heterocycles. The van der Waals surface area contributed by atoms with Gasteiger partial charge >= 0.3 is 5.97 Å². The van der Waals surface area contributed by atoms with Crippen molar-refractivity contribution in [1.82, 2.24) is 0 Å². The van der Waals surface area contributed by atoms with Crippen LogP contribution in [0.15, 0.2) is 0 Å². The molecule has 0 unspecified atom stereocenters. The Morgan fingerprint density at radius 2 is 1.38 bits per heavy atom. The van der Waals surface area contributed by atoms with E-state index in [1.54, 1.807) is 0 Å². The van der Waals surface area contributed by atoms with E-state index >= 15 is 0 Å². The number of carboxylic acid groups (broad SMARTS) is 1. The molecule has 0 spiro atoms. The van der Waals surface area contributed by atoms with Crippen LogP contribution in [0.1, 0.15) is 35.7 Å². The number of carboxylic acids is 1. The minimum atomic E-state index is -1.23. The molecule has 0 heterocycles. The maximum atomic E-state index is 11.0. The minimum absolute atomic E-state index is 0.0208. The van der Waals surface area contributed by atoms with Crippen molar-refractivity contribution in [3.05, 3.63) is 11.1 Å². The van der Waals surface area contributed by atoms with Crippen molar-refractivity contribution < 1.29 is 9.90 Å². The van der Waals surface area contributed by atoms with Gasteiger partial charge < -0.3 is 5.11 Å². The molecule has 1 aromatic rings. The van der Waals surface area contributed by atoms with Gasteiger partial charge in [-0.1, -0.05) is 41.3 Å². The summed E-state index contributed by atoms with van der Waals surface area (Å²) in [7, 11) is 22.8. The van der Waals surface area contributed by atoms with E-state index < -0.39 is 5.97 Å². The smallest absolute Gasteiger partial charge is 0.334 e. The molecule has 6 heteroatoms.